The maximum Gasteiger partial charge on any atom is 0.161 e. The molecule has 0 bridgehead atoms. The minimum atomic E-state index is 0.573. The summed E-state index contributed by atoms with van der Waals surface area (Å²) >= 11 is 1.88. The predicted molar refractivity (Wildman–Crippen MR) is 94.6 cm³/mol. The van der Waals surface area contributed by atoms with E-state index in [0.717, 1.165) is 29.9 Å². The Labute approximate surface area is 132 Å². The number of hydrogen-bond acceptors (Lipinski definition) is 4. The van der Waals surface area contributed by atoms with Gasteiger partial charge < -0.3 is 10.2 Å². The molecule has 2 unspecified atom stereocenters. The molecule has 0 amide bonds. The Morgan fingerprint density at radius 1 is 1.19 bits per heavy atom. The van der Waals surface area contributed by atoms with Crippen LogP contribution in [0.4, 0.5) is 11.4 Å². The van der Waals surface area contributed by atoms with E-state index < -0.39 is 0 Å². The highest BCUT2D eigenvalue weighted by atomic mass is 32.2. The Morgan fingerprint density at radius 2 is 1.95 bits per heavy atom. The molecule has 114 valence electrons. The standard InChI is InChI=1S/C17H25N3S/c1-3-20(4-2)15-10-8-14(9-11-15)18-17-19-16-7-5-6-13(16)12-21-17/h8-11,13,16H,3-7,12H2,1-2H3,(H,18,19). The number of hydrogen-bond donors (Lipinski definition) is 1. The van der Waals surface area contributed by atoms with E-state index in [1.54, 1.807) is 0 Å². The van der Waals surface area contributed by atoms with Crippen molar-refractivity contribution in [3.05, 3.63) is 24.3 Å². The van der Waals surface area contributed by atoms with Gasteiger partial charge in [0, 0.05) is 30.2 Å². The number of benzene rings is 1. The SMILES string of the molecule is CCN(CC)c1ccc(NC2=NC3CCCC3CS2)cc1. The van der Waals surface area contributed by atoms with Gasteiger partial charge in [0.2, 0.25) is 0 Å². The largest absolute Gasteiger partial charge is 0.372 e. The Balaban J connectivity index is 1.65. The van der Waals surface area contributed by atoms with Gasteiger partial charge in [0.1, 0.15) is 0 Å². The molecule has 1 heterocycles. The summed E-state index contributed by atoms with van der Waals surface area (Å²) in [5.74, 6) is 2.05. The van der Waals surface area contributed by atoms with Crippen molar-refractivity contribution >= 4 is 28.3 Å². The highest BCUT2D eigenvalue weighted by Gasteiger charge is 2.30. The molecule has 2 aliphatic rings. The van der Waals surface area contributed by atoms with Crippen LogP contribution in [0.1, 0.15) is 33.1 Å². The third-order valence-corrected chi connectivity index (χ3v) is 5.66. The smallest absolute Gasteiger partial charge is 0.161 e. The molecule has 3 nitrogen and oxygen atoms in total. The number of anilines is 2. The summed E-state index contributed by atoms with van der Waals surface area (Å²) in [5.41, 5.74) is 2.44. The Bertz CT molecular complexity index is 493. The predicted octanol–water partition coefficient (Wildman–Crippen LogP) is 4.22. The molecule has 0 spiro atoms. The molecule has 0 saturated heterocycles. The fourth-order valence-electron chi connectivity index (χ4n) is 3.29. The second kappa shape index (κ2) is 6.73. The van der Waals surface area contributed by atoms with Crippen molar-refractivity contribution in [2.75, 3.05) is 29.1 Å². The lowest BCUT2D eigenvalue weighted by molar-refractivity contribution is 0.535. The molecule has 21 heavy (non-hydrogen) atoms. The van der Waals surface area contributed by atoms with Crippen LogP contribution in [0.3, 0.4) is 0 Å². The summed E-state index contributed by atoms with van der Waals surface area (Å²) in [6.07, 6.45) is 4.00. The van der Waals surface area contributed by atoms with Crippen molar-refractivity contribution in [2.45, 2.75) is 39.2 Å². The van der Waals surface area contributed by atoms with Crippen LogP contribution in [-0.2, 0) is 0 Å². The zero-order valence-electron chi connectivity index (χ0n) is 13.0. The average molecular weight is 303 g/mol. The quantitative estimate of drug-likeness (QED) is 0.902. The van der Waals surface area contributed by atoms with Crippen LogP contribution < -0.4 is 10.2 Å². The second-order valence-electron chi connectivity index (χ2n) is 5.85. The summed E-state index contributed by atoms with van der Waals surface area (Å²) < 4.78 is 0. The summed E-state index contributed by atoms with van der Waals surface area (Å²) in [4.78, 5) is 7.25. The van der Waals surface area contributed by atoms with Crippen LogP contribution in [0.25, 0.3) is 0 Å². The van der Waals surface area contributed by atoms with Gasteiger partial charge in [0.15, 0.2) is 5.17 Å². The summed E-state index contributed by atoms with van der Waals surface area (Å²) in [7, 11) is 0. The zero-order valence-corrected chi connectivity index (χ0v) is 13.8. The highest BCUT2D eigenvalue weighted by molar-refractivity contribution is 8.14. The van der Waals surface area contributed by atoms with E-state index in [-0.39, 0.29) is 0 Å². The van der Waals surface area contributed by atoms with E-state index in [1.165, 1.54) is 30.7 Å². The third-order valence-electron chi connectivity index (χ3n) is 4.58. The van der Waals surface area contributed by atoms with Gasteiger partial charge >= 0.3 is 0 Å². The van der Waals surface area contributed by atoms with Crippen molar-refractivity contribution in [3.63, 3.8) is 0 Å². The van der Waals surface area contributed by atoms with Gasteiger partial charge in [-0.2, -0.15) is 0 Å². The lowest BCUT2D eigenvalue weighted by Crippen LogP contribution is -2.25. The molecular weight excluding hydrogens is 278 g/mol. The number of fused-ring (bicyclic) bond motifs is 1. The zero-order chi connectivity index (χ0) is 14.7. The van der Waals surface area contributed by atoms with E-state index in [4.69, 9.17) is 4.99 Å². The number of thioether (sulfide) groups is 1. The van der Waals surface area contributed by atoms with E-state index in [0.29, 0.717) is 6.04 Å². The minimum Gasteiger partial charge on any atom is -0.372 e. The van der Waals surface area contributed by atoms with Crippen molar-refractivity contribution in [1.82, 2.24) is 0 Å². The van der Waals surface area contributed by atoms with E-state index >= 15 is 0 Å². The van der Waals surface area contributed by atoms with Crippen LogP contribution in [0, 0.1) is 5.92 Å². The number of nitrogens with zero attached hydrogens (tertiary/aromatic N) is 2. The molecule has 1 aliphatic heterocycles. The van der Waals surface area contributed by atoms with Crippen LogP contribution in [0.2, 0.25) is 0 Å². The van der Waals surface area contributed by atoms with E-state index in [9.17, 15) is 0 Å². The Hall–Kier alpha value is -1.16. The lowest BCUT2D eigenvalue weighted by Gasteiger charge is -2.24. The molecular formula is C17H25N3S. The molecule has 1 aromatic carbocycles. The molecule has 1 fully saturated rings. The van der Waals surface area contributed by atoms with Gasteiger partial charge in [-0.1, -0.05) is 18.2 Å². The first-order chi connectivity index (χ1) is 10.3. The first kappa shape index (κ1) is 14.8. The van der Waals surface area contributed by atoms with Gasteiger partial charge in [-0.25, -0.2) is 0 Å². The topological polar surface area (TPSA) is 27.6 Å². The third kappa shape index (κ3) is 3.37. The fourth-order valence-corrected chi connectivity index (χ4v) is 4.45. The van der Waals surface area contributed by atoms with Gasteiger partial charge in [-0.3, -0.25) is 4.99 Å². The van der Waals surface area contributed by atoms with Crippen LogP contribution >= 0.6 is 11.8 Å². The molecule has 1 N–H and O–H groups in total. The summed E-state index contributed by atoms with van der Waals surface area (Å²) in [6.45, 7) is 6.49. The van der Waals surface area contributed by atoms with Crippen molar-refractivity contribution < 1.29 is 0 Å². The molecule has 2 atom stereocenters. The molecule has 1 saturated carbocycles. The Morgan fingerprint density at radius 3 is 2.67 bits per heavy atom. The number of rotatable bonds is 4. The molecule has 0 aromatic heterocycles. The van der Waals surface area contributed by atoms with E-state index in [2.05, 4.69) is 48.3 Å². The molecule has 3 rings (SSSR count). The Kier molecular flexibility index (Phi) is 4.73. The van der Waals surface area contributed by atoms with Gasteiger partial charge in [0.05, 0.1) is 6.04 Å². The summed E-state index contributed by atoms with van der Waals surface area (Å²) in [6, 6.07) is 9.29. The minimum absolute atomic E-state index is 0.573. The maximum atomic E-state index is 4.89. The first-order valence-corrected chi connectivity index (χ1v) is 9.11. The van der Waals surface area contributed by atoms with Gasteiger partial charge in [-0.05, 0) is 56.9 Å². The molecule has 1 aliphatic carbocycles. The summed E-state index contributed by atoms with van der Waals surface area (Å²) in [5, 5.41) is 4.60. The maximum absolute atomic E-state index is 4.89. The van der Waals surface area contributed by atoms with Gasteiger partial charge in [0.25, 0.3) is 0 Å². The second-order valence-corrected chi connectivity index (χ2v) is 6.86. The van der Waals surface area contributed by atoms with Crippen LogP contribution in [0.15, 0.2) is 29.3 Å². The van der Waals surface area contributed by atoms with Crippen molar-refractivity contribution in [3.8, 4) is 0 Å². The monoisotopic (exact) mass is 303 g/mol. The first-order valence-electron chi connectivity index (χ1n) is 8.12. The molecule has 0 radical (unpaired) electrons. The molecule has 1 aromatic rings. The van der Waals surface area contributed by atoms with Crippen molar-refractivity contribution in [1.29, 1.82) is 0 Å². The average Bonchev–Trinajstić information content (AvgIpc) is 2.98. The van der Waals surface area contributed by atoms with Crippen LogP contribution in [0.5, 0.6) is 0 Å². The fraction of sp³-hybridized carbons (Fsp3) is 0.588. The van der Waals surface area contributed by atoms with Crippen LogP contribution in [-0.4, -0.2) is 30.1 Å². The molecule has 4 heteroatoms. The highest BCUT2D eigenvalue weighted by Crippen LogP contribution is 2.35. The van der Waals surface area contributed by atoms with Crippen molar-refractivity contribution in [2.24, 2.45) is 10.9 Å². The number of nitrogens with one attached hydrogen (secondary N) is 1. The van der Waals surface area contributed by atoms with Gasteiger partial charge in [-0.15, -0.1) is 0 Å². The van der Waals surface area contributed by atoms with E-state index in [1.807, 2.05) is 11.8 Å². The number of amidine groups is 1. The number of aliphatic imine (C=N–C) groups is 1. The lowest BCUT2D eigenvalue weighted by atomic mass is 10.1. The normalized spacial score (nSPS) is 24.4.